The van der Waals surface area contributed by atoms with Crippen molar-refractivity contribution in [2.45, 2.75) is 17.5 Å². The van der Waals surface area contributed by atoms with Crippen molar-refractivity contribution in [3.63, 3.8) is 0 Å². The number of aliphatic hydroxyl groups is 1. The number of alkyl halides is 3. The van der Waals surface area contributed by atoms with Gasteiger partial charge in [-0.2, -0.15) is 13.2 Å². The maximum atomic E-state index is 13.3. The number of sulfonamides is 1. The third-order valence-corrected chi connectivity index (χ3v) is 5.05. The van der Waals surface area contributed by atoms with Crippen LogP contribution in [0, 0.1) is 0 Å². The molecule has 136 valence electrons. The average Bonchev–Trinajstić information content (AvgIpc) is 2.52. The molecule has 4 nitrogen and oxygen atoms in total. The van der Waals surface area contributed by atoms with E-state index in [2.05, 4.69) is 0 Å². The van der Waals surface area contributed by atoms with Gasteiger partial charge >= 0.3 is 6.18 Å². The van der Waals surface area contributed by atoms with E-state index in [-0.39, 0.29) is 0 Å². The van der Waals surface area contributed by atoms with Crippen LogP contribution in [0.5, 0.6) is 0 Å². The SMILES string of the molecule is O=S(=O)(Cc1cccc(Cl)c1)NCC(O)(c1ccccc1)C(F)(F)F. The lowest BCUT2D eigenvalue weighted by Gasteiger charge is -2.31. The molecule has 9 heteroatoms. The summed E-state index contributed by atoms with van der Waals surface area (Å²) in [6, 6.07) is 12.3. The number of hydrogen-bond donors (Lipinski definition) is 2. The molecule has 0 aliphatic heterocycles. The fourth-order valence-corrected chi connectivity index (χ4v) is 3.55. The zero-order valence-corrected chi connectivity index (χ0v) is 14.4. The Bertz CT molecular complexity index is 828. The molecule has 2 aromatic carbocycles. The first-order valence-electron chi connectivity index (χ1n) is 7.10. The average molecular weight is 394 g/mol. The molecule has 0 amide bonds. The van der Waals surface area contributed by atoms with Crippen molar-refractivity contribution < 1.29 is 26.7 Å². The Morgan fingerprint density at radius 1 is 1.04 bits per heavy atom. The van der Waals surface area contributed by atoms with Gasteiger partial charge in [-0.05, 0) is 23.3 Å². The topological polar surface area (TPSA) is 66.4 Å². The predicted molar refractivity (Wildman–Crippen MR) is 88.5 cm³/mol. The van der Waals surface area contributed by atoms with Crippen LogP contribution in [0.1, 0.15) is 11.1 Å². The summed E-state index contributed by atoms with van der Waals surface area (Å²) in [6.07, 6.45) is -5.06. The molecule has 0 heterocycles. The van der Waals surface area contributed by atoms with Gasteiger partial charge in [0.25, 0.3) is 0 Å². The molecule has 0 aliphatic carbocycles. The Morgan fingerprint density at radius 3 is 2.24 bits per heavy atom. The third-order valence-electron chi connectivity index (χ3n) is 3.51. The summed E-state index contributed by atoms with van der Waals surface area (Å²) in [5, 5.41) is 10.4. The fraction of sp³-hybridized carbons (Fsp3) is 0.250. The molecule has 0 saturated heterocycles. The molecule has 0 bridgehead atoms. The molecule has 0 spiro atoms. The second-order valence-electron chi connectivity index (χ2n) is 5.43. The predicted octanol–water partition coefficient (Wildman–Crippen LogP) is 3.21. The first-order chi connectivity index (χ1) is 11.5. The molecule has 0 radical (unpaired) electrons. The Balaban J connectivity index is 2.20. The summed E-state index contributed by atoms with van der Waals surface area (Å²) in [7, 11) is -4.12. The Kier molecular flexibility index (Phi) is 5.78. The molecule has 2 rings (SSSR count). The van der Waals surface area contributed by atoms with Crippen LogP contribution in [0.2, 0.25) is 5.02 Å². The zero-order chi connectivity index (χ0) is 18.7. The van der Waals surface area contributed by atoms with Crippen molar-refractivity contribution in [3.05, 3.63) is 70.7 Å². The minimum absolute atomic E-state index is 0.309. The van der Waals surface area contributed by atoms with Crippen LogP contribution in [-0.2, 0) is 21.4 Å². The lowest BCUT2D eigenvalue weighted by molar-refractivity contribution is -0.263. The smallest absolute Gasteiger partial charge is 0.375 e. The molecule has 1 atom stereocenters. The molecule has 0 saturated carbocycles. The molecule has 0 aliphatic rings. The number of benzene rings is 2. The van der Waals surface area contributed by atoms with Crippen LogP contribution in [0.25, 0.3) is 0 Å². The fourth-order valence-electron chi connectivity index (χ4n) is 2.19. The maximum Gasteiger partial charge on any atom is 0.422 e. The lowest BCUT2D eigenvalue weighted by atomic mass is 9.93. The van der Waals surface area contributed by atoms with Crippen LogP contribution in [0.15, 0.2) is 54.6 Å². The van der Waals surface area contributed by atoms with Gasteiger partial charge in [0.1, 0.15) is 0 Å². The van der Waals surface area contributed by atoms with E-state index >= 15 is 0 Å². The lowest BCUT2D eigenvalue weighted by Crippen LogP contribution is -2.51. The third kappa shape index (κ3) is 4.94. The van der Waals surface area contributed by atoms with E-state index in [1.807, 2.05) is 4.72 Å². The van der Waals surface area contributed by atoms with Crippen LogP contribution in [-0.4, -0.2) is 26.2 Å². The van der Waals surface area contributed by atoms with Crippen LogP contribution in [0.4, 0.5) is 13.2 Å². The zero-order valence-electron chi connectivity index (χ0n) is 12.8. The van der Waals surface area contributed by atoms with Gasteiger partial charge < -0.3 is 5.11 Å². The summed E-state index contributed by atoms with van der Waals surface area (Å²) in [6.45, 7) is -1.23. The molecular weight excluding hydrogens is 379 g/mol. The number of nitrogens with one attached hydrogen (secondary N) is 1. The van der Waals surface area contributed by atoms with Crippen molar-refractivity contribution in [2.75, 3.05) is 6.54 Å². The first kappa shape index (κ1) is 19.7. The number of rotatable bonds is 6. The summed E-state index contributed by atoms with van der Waals surface area (Å²) >= 11 is 5.76. The highest BCUT2D eigenvalue weighted by molar-refractivity contribution is 7.88. The van der Waals surface area contributed by atoms with Gasteiger partial charge in [-0.1, -0.05) is 54.1 Å². The van der Waals surface area contributed by atoms with Gasteiger partial charge in [0.05, 0.1) is 12.3 Å². The largest absolute Gasteiger partial charge is 0.422 e. The van der Waals surface area contributed by atoms with Crippen LogP contribution >= 0.6 is 11.6 Å². The van der Waals surface area contributed by atoms with Crippen molar-refractivity contribution >= 4 is 21.6 Å². The van der Waals surface area contributed by atoms with Crippen molar-refractivity contribution in [1.29, 1.82) is 0 Å². The summed E-state index contributed by atoms with van der Waals surface area (Å²) in [4.78, 5) is 0. The van der Waals surface area contributed by atoms with E-state index in [9.17, 15) is 26.7 Å². The minimum Gasteiger partial charge on any atom is -0.375 e. The van der Waals surface area contributed by atoms with Gasteiger partial charge in [0.15, 0.2) is 5.60 Å². The number of halogens is 4. The van der Waals surface area contributed by atoms with Gasteiger partial charge in [-0.15, -0.1) is 0 Å². The Labute approximate surface area is 148 Å². The van der Waals surface area contributed by atoms with Gasteiger partial charge in [0.2, 0.25) is 10.0 Å². The van der Waals surface area contributed by atoms with Crippen molar-refractivity contribution in [2.24, 2.45) is 0 Å². The highest BCUT2D eigenvalue weighted by atomic mass is 35.5. The molecule has 25 heavy (non-hydrogen) atoms. The monoisotopic (exact) mass is 393 g/mol. The van der Waals surface area contributed by atoms with E-state index in [0.29, 0.717) is 10.6 Å². The van der Waals surface area contributed by atoms with Gasteiger partial charge in [0, 0.05) is 5.02 Å². The molecule has 2 N–H and O–H groups in total. The van der Waals surface area contributed by atoms with E-state index in [4.69, 9.17) is 11.6 Å². The normalized spacial score (nSPS) is 14.9. The summed E-state index contributed by atoms with van der Waals surface area (Å²) in [5.41, 5.74) is -3.47. The standard InChI is InChI=1S/C16H15ClF3NO3S/c17-14-8-4-5-12(9-14)10-25(23,24)21-11-15(22,16(18,19)20)13-6-2-1-3-7-13/h1-9,21-22H,10-11H2. The van der Waals surface area contributed by atoms with Gasteiger partial charge in [-0.3, -0.25) is 0 Å². The minimum atomic E-state index is -5.06. The number of hydrogen-bond acceptors (Lipinski definition) is 3. The maximum absolute atomic E-state index is 13.3. The molecular formula is C16H15ClF3NO3S. The second kappa shape index (κ2) is 7.33. The van der Waals surface area contributed by atoms with E-state index in [1.54, 1.807) is 6.07 Å². The van der Waals surface area contributed by atoms with Crippen molar-refractivity contribution in [3.8, 4) is 0 Å². The van der Waals surface area contributed by atoms with E-state index < -0.39 is 39.7 Å². The van der Waals surface area contributed by atoms with Crippen molar-refractivity contribution in [1.82, 2.24) is 4.72 Å². The second-order valence-corrected chi connectivity index (χ2v) is 7.68. The van der Waals surface area contributed by atoms with E-state index in [0.717, 1.165) is 12.1 Å². The summed E-state index contributed by atoms with van der Waals surface area (Å²) < 4.78 is 66.0. The highest BCUT2D eigenvalue weighted by Gasteiger charge is 2.55. The van der Waals surface area contributed by atoms with Crippen LogP contribution in [0.3, 0.4) is 0 Å². The summed E-state index contributed by atoms with van der Waals surface area (Å²) in [5.74, 6) is -0.559. The molecule has 2 aromatic rings. The van der Waals surface area contributed by atoms with Crippen LogP contribution < -0.4 is 4.72 Å². The van der Waals surface area contributed by atoms with Gasteiger partial charge in [-0.25, -0.2) is 13.1 Å². The Hall–Kier alpha value is -1.61. The van der Waals surface area contributed by atoms with E-state index in [1.165, 1.54) is 36.4 Å². The highest BCUT2D eigenvalue weighted by Crippen LogP contribution is 2.38. The first-order valence-corrected chi connectivity index (χ1v) is 9.13. The molecule has 1 unspecified atom stereocenters. The molecule has 0 aromatic heterocycles. The quantitative estimate of drug-likeness (QED) is 0.792. The Morgan fingerprint density at radius 2 is 1.68 bits per heavy atom. The molecule has 0 fully saturated rings.